The van der Waals surface area contributed by atoms with Crippen LogP contribution in [0.2, 0.25) is 0 Å². The third kappa shape index (κ3) is 3.91. The standard InChI is InChI=1S/C17H22FN5O/c18-15-6-2-1-5-14(15)16(22-7-3-4-8-22)10-20-17(24)12-23-11-13(19)9-21-23/h1-2,5-6,9,11,16H,3-4,7-8,10,12,19H2,(H,20,24)/t16-/m0/s1. The second-order valence-corrected chi connectivity index (χ2v) is 6.06. The molecule has 0 aliphatic carbocycles. The summed E-state index contributed by atoms with van der Waals surface area (Å²) in [7, 11) is 0. The molecule has 1 atom stereocenters. The average Bonchev–Trinajstić information content (AvgIpc) is 3.21. The molecule has 7 heteroatoms. The zero-order valence-electron chi connectivity index (χ0n) is 13.5. The van der Waals surface area contributed by atoms with E-state index in [9.17, 15) is 9.18 Å². The lowest BCUT2D eigenvalue weighted by Crippen LogP contribution is -2.38. The molecule has 1 fully saturated rings. The van der Waals surface area contributed by atoms with Crippen molar-refractivity contribution in [3.05, 3.63) is 48.0 Å². The summed E-state index contributed by atoms with van der Waals surface area (Å²) in [4.78, 5) is 14.4. The highest BCUT2D eigenvalue weighted by molar-refractivity contribution is 5.75. The molecule has 3 N–H and O–H groups in total. The highest BCUT2D eigenvalue weighted by Gasteiger charge is 2.26. The van der Waals surface area contributed by atoms with Gasteiger partial charge in [0.2, 0.25) is 5.91 Å². The Bertz CT molecular complexity index is 696. The second kappa shape index (κ2) is 7.44. The van der Waals surface area contributed by atoms with Crippen LogP contribution in [0.1, 0.15) is 24.4 Å². The quantitative estimate of drug-likeness (QED) is 0.842. The van der Waals surface area contributed by atoms with Crippen molar-refractivity contribution >= 4 is 11.6 Å². The third-order valence-electron chi connectivity index (χ3n) is 4.30. The maximum atomic E-state index is 14.2. The summed E-state index contributed by atoms with van der Waals surface area (Å²) in [5, 5.41) is 6.89. The molecule has 0 bridgehead atoms. The molecule has 0 spiro atoms. The Morgan fingerprint density at radius 3 is 2.75 bits per heavy atom. The molecule has 128 valence electrons. The van der Waals surface area contributed by atoms with Crippen LogP contribution in [0.25, 0.3) is 0 Å². The van der Waals surface area contributed by atoms with Gasteiger partial charge in [0, 0.05) is 18.3 Å². The summed E-state index contributed by atoms with van der Waals surface area (Å²) in [6.07, 6.45) is 5.31. The van der Waals surface area contributed by atoms with Crippen molar-refractivity contribution in [2.75, 3.05) is 25.4 Å². The zero-order valence-corrected chi connectivity index (χ0v) is 13.5. The van der Waals surface area contributed by atoms with Crippen LogP contribution in [0, 0.1) is 5.82 Å². The van der Waals surface area contributed by atoms with E-state index in [0.717, 1.165) is 25.9 Å². The molecule has 1 aliphatic heterocycles. The van der Waals surface area contributed by atoms with Crippen molar-refractivity contribution in [1.29, 1.82) is 0 Å². The number of likely N-dealkylation sites (tertiary alicyclic amines) is 1. The second-order valence-electron chi connectivity index (χ2n) is 6.06. The first-order valence-electron chi connectivity index (χ1n) is 8.16. The molecule has 1 aromatic carbocycles. The van der Waals surface area contributed by atoms with Gasteiger partial charge in [0.05, 0.1) is 17.9 Å². The number of nitrogen functional groups attached to an aromatic ring is 1. The van der Waals surface area contributed by atoms with E-state index in [1.807, 2.05) is 6.07 Å². The summed E-state index contributed by atoms with van der Waals surface area (Å²) in [6.45, 7) is 2.31. The highest BCUT2D eigenvalue weighted by atomic mass is 19.1. The summed E-state index contributed by atoms with van der Waals surface area (Å²) in [5.41, 5.74) is 6.73. The number of nitrogens with one attached hydrogen (secondary N) is 1. The Morgan fingerprint density at radius 2 is 2.08 bits per heavy atom. The zero-order chi connectivity index (χ0) is 16.9. The van der Waals surface area contributed by atoms with E-state index in [1.54, 1.807) is 18.3 Å². The Kier molecular flexibility index (Phi) is 5.10. The van der Waals surface area contributed by atoms with Crippen molar-refractivity contribution < 1.29 is 9.18 Å². The molecule has 0 radical (unpaired) electrons. The van der Waals surface area contributed by atoms with Crippen molar-refractivity contribution in [3.63, 3.8) is 0 Å². The van der Waals surface area contributed by atoms with E-state index in [2.05, 4.69) is 15.3 Å². The van der Waals surface area contributed by atoms with Crippen LogP contribution in [0.3, 0.4) is 0 Å². The Morgan fingerprint density at radius 1 is 1.33 bits per heavy atom. The summed E-state index contributed by atoms with van der Waals surface area (Å²) in [5.74, 6) is -0.401. The van der Waals surface area contributed by atoms with Gasteiger partial charge in [-0.2, -0.15) is 5.10 Å². The average molecular weight is 331 g/mol. The minimum atomic E-state index is -0.233. The van der Waals surface area contributed by atoms with Gasteiger partial charge in [-0.05, 0) is 32.0 Å². The first kappa shape index (κ1) is 16.4. The van der Waals surface area contributed by atoms with Gasteiger partial charge in [0.25, 0.3) is 0 Å². The number of anilines is 1. The van der Waals surface area contributed by atoms with Crippen molar-refractivity contribution in [2.45, 2.75) is 25.4 Å². The van der Waals surface area contributed by atoms with Gasteiger partial charge in [-0.3, -0.25) is 14.4 Å². The molecule has 1 aromatic heterocycles. The van der Waals surface area contributed by atoms with Gasteiger partial charge < -0.3 is 11.1 Å². The van der Waals surface area contributed by atoms with Gasteiger partial charge in [0.1, 0.15) is 12.4 Å². The molecule has 2 heterocycles. The molecule has 0 saturated carbocycles. The Labute approximate surface area is 140 Å². The van der Waals surface area contributed by atoms with E-state index >= 15 is 0 Å². The fraction of sp³-hybridized carbons (Fsp3) is 0.412. The predicted octanol–water partition coefficient (Wildman–Crippen LogP) is 1.56. The van der Waals surface area contributed by atoms with Gasteiger partial charge >= 0.3 is 0 Å². The molecule has 1 aliphatic rings. The lowest BCUT2D eigenvalue weighted by atomic mass is 10.0. The molecule has 24 heavy (non-hydrogen) atoms. The van der Waals surface area contributed by atoms with Gasteiger partial charge in [0.15, 0.2) is 0 Å². The van der Waals surface area contributed by atoms with Crippen LogP contribution >= 0.6 is 0 Å². The number of halogens is 1. The molecule has 0 unspecified atom stereocenters. The first-order valence-corrected chi connectivity index (χ1v) is 8.16. The molecule has 6 nitrogen and oxygen atoms in total. The van der Waals surface area contributed by atoms with Crippen LogP contribution in [0.4, 0.5) is 10.1 Å². The monoisotopic (exact) mass is 331 g/mol. The lowest BCUT2D eigenvalue weighted by molar-refractivity contribution is -0.122. The van der Waals surface area contributed by atoms with Crippen molar-refractivity contribution in [2.24, 2.45) is 0 Å². The van der Waals surface area contributed by atoms with E-state index in [1.165, 1.54) is 16.9 Å². The van der Waals surface area contributed by atoms with E-state index in [0.29, 0.717) is 17.8 Å². The maximum absolute atomic E-state index is 14.2. The number of nitrogens with two attached hydrogens (primary N) is 1. The lowest BCUT2D eigenvalue weighted by Gasteiger charge is -2.28. The maximum Gasteiger partial charge on any atom is 0.241 e. The van der Waals surface area contributed by atoms with Crippen molar-refractivity contribution in [3.8, 4) is 0 Å². The number of hydrogen-bond acceptors (Lipinski definition) is 4. The number of hydrogen-bond donors (Lipinski definition) is 2. The summed E-state index contributed by atoms with van der Waals surface area (Å²) < 4.78 is 15.7. The minimum absolute atomic E-state index is 0.0984. The van der Waals surface area contributed by atoms with Crippen LogP contribution in [0.5, 0.6) is 0 Å². The number of carbonyl (C=O) groups excluding carboxylic acids is 1. The van der Waals surface area contributed by atoms with Crippen LogP contribution in [-0.4, -0.2) is 40.2 Å². The Hall–Kier alpha value is -2.41. The fourth-order valence-electron chi connectivity index (χ4n) is 3.11. The van der Waals surface area contributed by atoms with E-state index in [4.69, 9.17) is 5.73 Å². The molecular weight excluding hydrogens is 309 g/mol. The molecule has 2 aromatic rings. The topological polar surface area (TPSA) is 76.2 Å². The number of nitrogens with zero attached hydrogens (tertiary/aromatic N) is 3. The molecular formula is C17H22FN5O. The van der Waals surface area contributed by atoms with E-state index < -0.39 is 0 Å². The smallest absolute Gasteiger partial charge is 0.241 e. The number of amides is 1. The normalized spacial score (nSPS) is 16.2. The van der Waals surface area contributed by atoms with E-state index in [-0.39, 0.29) is 24.3 Å². The Balaban J connectivity index is 1.65. The van der Waals surface area contributed by atoms with Crippen LogP contribution in [-0.2, 0) is 11.3 Å². The summed E-state index contributed by atoms with van der Waals surface area (Å²) in [6, 6.07) is 6.61. The fourth-order valence-corrected chi connectivity index (χ4v) is 3.11. The van der Waals surface area contributed by atoms with Gasteiger partial charge in [-0.1, -0.05) is 18.2 Å². The number of carbonyl (C=O) groups is 1. The van der Waals surface area contributed by atoms with Crippen LogP contribution in [0.15, 0.2) is 36.7 Å². The van der Waals surface area contributed by atoms with Gasteiger partial charge in [-0.15, -0.1) is 0 Å². The largest absolute Gasteiger partial charge is 0.396 e. The third-order valence-corrected chi connectivity index (χ3v) is 4.30. The van der Waals surface area contributed by atoms with Gasteiger partial charge in [-0.25, -0.2) is 4.39 Å². The number of benzene rings is 1. The van der Waals surface area contributed by atoms with Crippen LogP contribution < -0.4 is 11.1 Å². The summed E-state index contributed by atoms with van der Waals surface area (Å²) >= 11 is 0. The first-order chi connectivity index (χ1) is 11.6. The molecule has 1 amide bonds. The molecule has 1 saturated heterocycles. The SMILES string of the molecule is Nc1cnn(CC(=O)NC[C@@H](c2ccccc2F)N2CCCC2)c1. The number of rotatable bonds is 6. The highest BCUT2D eigenvalue weighted by Crippen LogP contribution is 2.26. The predicted molar refractivity (Wildman–Crippen MR) is 89.6 cm³/mol. The number of aromatic nitrogens is 2. The molecule has 3 rings (SSSR count). The van der Waals surface area contributed by atoms with Crippen molar-refractivity contribution in [1.82, 2.24) is 20.0 Å². The minimum Gasteiger partial charge on any atom is -0.396 e.